The van der Waals surface area contributed by atoms with Gasteiger partial charge in [-0.05, 0) is 18.6 Å². The third kappa shape index (κ3) is 3.35. The van der Waals surface area contributed by atoms with Crippen LogP contribution in [0.4, 0.5) is 4.79 Å². The molecule has 1 unspecified atom stereocenters. The maximum absolute atomic E-state index is 12.3. The van der Waals surface area contributed by atoms with Crippen LogP contribution in [0.5, 0.6) is 0 Å². The lowest BCUT2D eigenvalue weighted by atomic mass is 10.1. The smallest absolute Gasteiger partial charge is 0.407 e. The van der Waals surface area contributed by atoms with Crippen molar-refractivity contribution in [2.45, 2.75) is 19.0 Å². The Balaban J connectivity index is 0.00000192. The lowest BCUT2D eigenvalue weighted by molar-refractivity contribution is 0.127. The molecule has 0 radical (unpaired) electrons. The third-order valence-corrected chi connectivity index (χ3v) is 4.28. The van der Waals surface area contributed by atoms with Gasteiger partial charge in [-0.15, -0.1) is 12.4 Å². The van der Waals surface area contributed by atoms with Crippen LogP contribution in [0.1, 0.15) is 6.42 Å². The summed E-state index contributed by atoms with van der Waals surface area (Å²) in [7, 11) is 1.77. The molecular formula is C15H21ClN4O3. The number of aryl methyl sites for hydroxylation is 2. The summed E-state index contributed by atoms with van der Waals surface area (Å²) in [6.07, 6.45) is -0.161. The molecule has 1 aliphatic rings. The molecule has 0 saturated carbocycles. The molecule has 1 fully saturated rings. The Kier molecular flexibility index (Phi) is 5.33. The molecule has 1 aromatic carbocycles. The summed E-state index contributed by atoms with van der Waals surface area (Å²) in [6.45, 7) is 2.21. The predicted octanol–water partition coefficient (Wildman–Crippen LogP) is 1.10. The number of hydrogen-bond acceptors (Lipinski definition) is 3. The molecule has 1 saturated heterocycles. The van der Waals surface area contributed by atoms with Crippen molar-refractivity contribution in [2.24, 2.45) is 7.05 Å². The van der Waals surface area contributed by atoms with Gasteiger partial charge in [-0.25, -0.2) is 9.59 Å². The van der Waals surface area contributed by atoms with E-state index in [1.165, 1.54) is 4.90 Å². The van der Waals surface area contributed by atoms with Crippen molar-refractivity contribution in [3.63, 3.8) is 0 Å². The van der Waals surface area contributed by atoms with Crippen LogP contribution in [-0.2, 0) is 13.6 Å². The molecule has 126 valence electrons. The Morgan fingerprint density at radius 2 is 2.04 bits per heavy atom. The molecule has 1 aromatic heterocycles. The number of amides is 1. The second kappa shape index (κ2) is 7.06. The second-order valence-electron chi connectivity index (χ2n) is 5.65. The van der Waals surface area contributed by atoms with Crippen molar-refractivity contribution in [1.82, 2.24) is 19.4 Å². The molecule has 3 rings (SSSR count). The zero-order chi connectivity index (χ0) is 15.7. The molecule has 8 heteroatoms. The third-order valence-electron chi connectivity index (χ3n) is 4.28. The van der Waals surface area contributed by atoms with Crippen LogP contribution in [0.25, 0.3) is 11.0 Å². The number of hydrogen-bond donors (Lipinski definition) is 2. The number of halogens is 1. The van der Waals surface area contributed by atoms with Crippen LogP contribution in [-0.4, -0.2) is 50.9 Å². The zero-order valence-electron chi connectivity index (χ0n) is 12.9. The van der Waals surface area contributed by atoms with Gasteiger partial charge in [-0.2, -0.15) is 0 Å². The maximum atomic E-state index is 12.3. The van der Waals surface area contributed by atoms with Crippen LogP contribution < -0.4 is 11.0 Å². The first kappa shape index (κ1) is 17.4. The number of imidazole rings is 1. The van der Waals surface area contributed by atoms with E-state index in [9.17, 15) is 9.59 Å². The topological polar surface area (TPSA) is 79.5 Å². The minimum absolute atomic E-state index is 0. The minimum Gasteiger partial charge on any atom is -0.465 e. The summed E-state index contributed by atoms with van der Waals surface area (Å²) < 4.78 is 3.41. The van der Waals surface area contributed by atoms with Crippen molar-refractivity contribution < 1.29 is 9.90 Å². The van der Waals surface area contributed by atoms with Gasteiger partial charge >= 0.3 is 11.8 Å². The van der Waals surface area contributed by atoms with Crippen LogP contribution in [0.3, 0.4) is 0 Å². The van der Waals surface area contributed by atoms with Crippen molar-refractivity contribution in [3.05, 3.63) is 34.7 Å². The second-order valence-corrected chi connectivity index (χ2v) is 5.65. The first-order valence-corrected chi connectivity index (χ1v) is 7.43. The number of nitrogens with zero attached hydrogens (tertiary/aromatic N) is 3. The van der Waals surface area contributed by atoms with Gasteiger partial charge in [0, 0.05) is 39.3 Å². The number of carboxylic acid groups (broad SMARTS) is 1. The number of rotatable bonds is 3. The summed E-state index contributed by atoms with van der Waals surface area (Å²) in [4.78, 5) is 24.8. The monoisotopic (exact) mass is 340 g/mol. The number of para-hydroxylation sites is 2. The quantitative estimate of drug-likeness (QED) is 0.877. The van der Waals surface area contributed by atoms with Gasteiger partial charge < -0.3 is 15.3 Å². The summed E-state index contributed by atoms with van der Waals surface area (Å²) in [6, 6.07) is 7.78. The van der Waals surface area contributed by atoms with Crippen molar-refractivity contribution >= 4 is 29.5 Å². The molecule has 0 spiro atoms. The Labute approximate surface area is 139 Å². The highest BCUT2D eigenvalue weighted by Crippen LogP contribution is 2.13. The van der Waals surface area contributed by atoms with Gasteiger partial charge in [-0.3, -0.25) is 9.13 Å². The molecular weight excluding hydrogens is 320 g/mol. The van der Waals surface area contributed by atoms with Gasteiger partial charge in [0.15, 0.2) is 0 Å². The van der Waals surface area contributed by atoms with E-state index >= 15 is 0 Å². The van der Waals surface area contributed by atoms with E-state index in [1.54, 1.807) is 16.2 Å². The van der Waals surface area contributed by atoms with Crippen molar-refractivity contribution in [2.75, 3.05) is 19.6 Å². The molecule has 0 bridgehead atoms. The zero-order valence-corrected chi connectivity index (χ0v) is 13.8. The van der Waals surface area contributed by atoms with Crippen LogP contribution >= 0.6 is 12.4 Å². The van der Waals surface area contributed by atoms with E-state index in [-0.39, 0.29) is 24.1 Å². The molecule has 2 heterocycles. The van der Waals surface area contributed by atoms with Crippen molar-refractivity contribution in [3.8, 4) is 0 Å². The fourth-order valence-corrected chi connectivity index (χ4v) is 3.06. The number of aromatic nitrogens is 2. The molecule has 0 aliphatic carbocycles. The van der Waals surface area contributed by atoms with E-state index < -0.39 is 6.09 Å². The van der Waals surface area contributed by atoms with E-state index in [2.05, 4.69) is 5.32 Å². The Morgan fingerprint density at radius 3 is 2.74 bits per heavy atom. The Bertz CT molecular complexity index is 755. The Morgan fingerprint density at radius 1 is 1.35 bits per heavy atom. The highest BCUT2D eigenvalue weighted by atomic mass is 35.5. The molecule has 7 nitrogen and oxygen atoms in total. The van der Waals surface area contributed by atoms with Crippen LogP contribution in [0.15, 0.2) is 29.1 Å². The fraction of sp³-hybridized carbons (Fsp3) is 0.467. The fourth-order valence-electron chi connectivity index (χ4n) is 3.06. The molecule has 1 atom stereocenters. The highest BCUT2D eigenvalue weighted by molar-refractivity contribution is 5.85. The summed E-state index contributed by atoms with van der Waals surface area (Å²) in [5, 5.41) is 12.4. The number of nitrogens with one attached hydrogen (secondary N) is 1. The van der Waals surface area contributed by atoms with E-state index in [0.29, 0.717) is 26.2 Å². The first-order valence-electron chi connectivity index (χ1n) is 7.43. The number of benzene rings is 1. The van der Waals surface area contributed by atoms with Gasteiger partial charge in [0.2, 0.25) is 0 Å². The average molecular weight is 341 g/mol. The standard InChI is InChI=1S/C15H20N4O3.ClH/c1-17-12-4-2-3-5-13(12)19(14(17)20)8-6-11-10-18(15(21)22)9-7-16-11;/h2-5,11,16H,6-10H2,1H3,(H,21,22);1H. The van der Waals surface area contributed by atoms with Crippen LogP contribution in [0.2, 0.25) is 0 Å². The minimum atomic E-state index is -0.881. The number of piperazine rings is 1. The Hall–Kier alpha value is -1.99. The molecule has 1 aliphatic heterocycles. The molecule has 23 heavy (non-hydrogen) atoms. The number of carbonyl (C=O) groups is 1. The van der Waals surface area contributed by atoms with E-state index in [1.807, 2.05) is 24.3 Å². The lowest BCUT2D eigenvalue weighted by Crippen LogP contribution is -2.52. The summed E-state index contributed by atoms with van der Waals surface area (Å²) in [5.74, 6) is 0. The molecule has 2 N–H and O–H groups in total. The molecule has 2 aromatic rings. The normalized spacial score (nSPS) is 18.0. The average Bonchev–Trinajstić information content (AvgIpc) is 2.78. The first-order chi connectivity index (χ1) is 10.6. The lowest BCUT2D eigenvalue weighted by Gasteiger charge is -2.31. The maximum Gasteiger partial charge on any atom is 0.407 e. The van der Waals surface area contributed by atoms with Gasteiger partial charge in [0.1, 0.15) is 0 Å². The van der Waals surface area contributed by atoms with Gasteiger partial charge in [0.05, 0.1) is 11.0 Å². The van der Waals surface area contributed by atoms with Crippen molar-refractivity contribution in [1.29, 1.82) is 0 Å². The SMILES string of the molecule is Cl.Cn1c(=O)n(CCC2CN(C(=O)O)CCN2)c2ccccc21. The molecule has 1 amide bonds. The van der Waals surface area contributed by atoms with E-state index in [0.717, 1.165) is 17.5 Å². The predicted molar refractivity (Wildman–Crippen MR) is 90.4 cm³/mol. The summed E-state index contributed by atoms with van der Waals surface area (Å²) in [5.41, 5.74) is 1.80. The van der Waals surface area contributed by atoms with E-state index in [4.69, 9.17) is 5.11 Å². The van der Waals surface area contributed by atoms with Gasteiger partial charge in [-0.1, -0.05) is 12.1 Å². The van der Waals surface area contributed by atoms with Crippen LogP contribution in [0, 0.1) is 0 Å². The summed E-state index contributed by atoms with van der Waals surface area (Å²) >= 11 is 0. The van der Waals surface area contributed by atoms with Gasteiger partial charge in [0.25, 0.3) is 0 Å². The highest BCUT2D eigenvalue weighted by Gasteiger charge is 2.23. The number of fused-ring (bicyclic) bond motifs is 1. The largest absolute Gasteiger partial charge is 0.465 e.